The molecule has 0 unspecified atom stereocenters. The van der Waals surface area contributed by atoms with Crippen LogP contribution >= 0.6 is 0 Å². The Morgan fingerprint density at radius 2 is 2.15 bits per heavy atom. The minimum absolute atomic E-state index is 0.0482. The number of amides is 2. The van der Waals surface area contributed by atoms with Gasteiger partial charge in [0.25, 0.3) is 0 Å². The van der Waals surface area contributed by atoms with Crippen molar-refractivity contribution in [1.29, 1.82) is 0 Å². The molecule has 0 saturated carbocycles. The molecule has 8 heteroatoms. The summed E-state index contributed by atoms with van der Waals surface area (Å²) in [6, 6.07) is 1.69. The molecule has 4 N–H and O–H groups in total. The molecule has 0 heterocycles. The van der Waals surface area contributed by atoms with Crippen LogP contribution in [0.3, 0.4) is 0 Å². The number of urea groups is 1. The minimum atomic E-state index is -1.26. The molecule has 1 rings (SSSR count). The molecule has 1 aromatic rings. The Hall–Kier alpha value is -2.35. The maximum atomic E-state index is 13.2. The highest BCUT2D eigenvalue weighted by Gasteiger charge is 2.19. The Morgan fingerprint density at radius 3 is 2.70 bits per heavy atom. The lowest BCUT2D eigenvalue weighted by Crippen LogP contribution is -2.43. The fraction of sp³-hybridized carbons (Fsp3) is 0.333. The molecular weight excluding hydrogens is 271 g/mol. The molecule has 0 aliphatic heterocycles. The van der Waals surface area contributed by atoms with Gasteiger partial charge >= 0.3 is 12.0 Å². The number of carbonyl (C=O) groups is 2. The summed E-state index contributed by atoms with van der Waals surface area (Å²) in [7, 11) is 1.28. The number of rotatable bonds is 6. The summed E-state index contributed by atoms with van der Waals surface area (Å²) in [5.74, 6) is -1.89. The van der Waals surface area contributed by atoms with Gasteiger partial charge in [-0.15, -0.1) is 0 Å². The standard InChI is InChI=1S/C12H15FN2O5/c1-20-10-6-7(2-3-8(10)13)14-12(19)15-9(4-5-16)11(17)18/h2-3,6,9,16H,4-5H2,1H3,(H,17,18)(H2,14,15,19)/t9-/m1/s1. The molecule has 7 nitrogen and oxygen atoms in total. The molecule has 1 atom stereocenters. The zero-order chi connectivity index (χ0) is 15.1. The van der Waals surface area contributed by atoms with Crippen molar-refractivity contribution in [3.8, 4) is 5.75 Å². The Kier molecular flexibility index (Phi) is 5.73. The van der Waals surface area contributed by atoms with Crippen molar-refractivity contribution in [3.63, 3.8) is 0 Å². The molecular formula is C12H15FN2O5. The van der Waals surface area contributed by atoms with Crippen LogP contribution in [0.5, 0.6) is 5.75 Å². The predicted molar refractivity (Wildman–Crippen MR) is 68.2 cm³/mol. The van der Waals surface area contributed by atoms with Crippen molar-refractivity contribution in [3.05, 3.63) is 24.0 Å². The first-order valence-electron chi connectivity index (χ1n) is 5.72. The number of methoxy groups -OCH3 is 1. The number of carbonyl (C=O) groups excluding carboxylic acids is 1. The van der Waals surface area contributed by atoms with Gasteiger partial charge in [0.2, 0.25) is 0 Å². The second kappa shape index (κ2) is 7.29. The van der Waals surface area contributed by atoms with Gasteiger partial charge in [0.15, 0.2) is 11.6 Å². The maximum Gasteiger partial charge on any atom is 0.326 e. The number of nitrogens with one attached hydrogen (secondary N) is 2. The topological polar surface area (TPSA) is 108 Å². The second-order valence-electron chi connectivity index (χ2n) is 3.85. The summed E-state index contributed by atoms with van der Waals surface area (Å²) in [5, 5.41) is 22.0. The zero-order valence-electron chi connectivity index (χ0n) is 10.7. The molecule has 0 bridgehead atoms. The van der Waals surface area contributed by atoms with Gasteiger partial charge in [-0.05, 0) is 12.1 Å². The van der Waals surface area contributed by atoms with Crippen molar-refractivity contribution in [2.45, 2.75) is 12.5 Å². The third kappa shape index (κ3) is 4.39. The van der Waals surface area contributed by atoms with Crippen LogP contribution in [0.2, 0.25) is 0 Å². The van der Waals surface area contributed by atoms with E-state index in [0.717, 1.165) is 6.07 Å². The van der Waals surface area contributed by atoms with Crippen molar-refractivity contribution >= 4 is 17.7 Å². The highest BCUT2D eigenvalue weighted by Crippen LogP contribution is 2.21. The number of anilines is 1. The van der Waals surface area contributed by atoms with E-state index in [1.54, 1.807) is 0 Å². The number of halogens is 1. The van der Waals surface area contributed by atoms with Gasteiger partial charge in [0, 0.05) is 24.8 Å². The first-order chi connectivity index (χ1) is 9.47. The SMILES string of the molecule is COc1cc(NC(=O)N[C@H](CCO)C(=O)O)ccc1F. The van der Waals surface area contributed by atoms with E-state index in [0.29, 0.717) is 0 Å². The number of carboxylic acid groups (broad SMARTS) is 1. The maximum absolute atomic E-state index is 13.2. The number of hydrogen-bond donors (Lipinski definition) is 4. The monoisotopic (exact) mass is 286 g/mol. The van der Waals surface area contributed by atoms with E-state index in [9.17, 15) is 14.0 Å². The highest BCUT2D eigenvalue weighted by molar-refractivity contribution is 5.92. The molecule has 0 spiro atoms. The van der Waals surface area contributed by atoms with Crippen LogP contribution in [-0.4, -0.2) is 42.0 Å². The molecule has 0 aliphatic carbocycles. The molecule has 2 amide bonds. The van der Waals surface area contributed by atoms with E-state index in [2.05, 4.69) is 10.6 Å². The first kappa shape index (κ1) is 15.7. The number of ether oxygens (including phenoxy) is 1. The number of hydrogen-bond acceptors (Lipinski definition) is 4. The number of aliphatic hydroxyl groups is 1. The number of aliphatic carboxylic acids is 1. The average Bonchev–Trinajstić information content (AvgIpc) is 2.40. The predicted octanol–water partition coefficient (Wildman–Crippen LogP) is 0.791. The minimum Gasteiger partial charge on any atom is -0.494 e. The van der Waals surface area contributed by atoms with Crippen LogP contribution in [-0.2, 0) is 4.79 Å². The highest BCUT2D eigenvalue weighted by atomic mass is 19.1. The van der Waals surface area contributed by atoms with E-state index in [-0.39, 0.29) is 24.5 Å². The molecule has 0 fully saturated rings. The molecule has 0 saturated heterocycles. The summed E-state index contributed by atoms with van der Waals surface area (Å²) in [5.41, 5.74) is 0.244. The largest absolute Gasteiger partial charge is 0.494 e. The van der Waals surface area contributed by atoms with Crippen molar-refractivity contribution in [1.82, 2.24) is 5.32 Å². The van der Waals surface area contributed by atoms with Crippen molar-refractivity contribution in [2.24, 2.45) is 0 Å². The summed E-state index contributed by atoms with van der Waals surface area (Å²) in [6.45, 7) is -0.373. The van der Waals surface area contributed by atoms with Gasteiger partial charge < -0.3 is 25.6 Å². The lowest BCUT2D eigenvalue weighted by Gasteiger charge is -2.14. The number of carboxylic acids is 1. The quantitative estimate of drug-likeness (QED) is 0.618. The molecule has 0 aliphatic rings. The molecule has 20 heavy (non-hydrogen) atoms. The Balaban J connectivity index is 2.68. The summed E-state index contributed by atoms with van der Waals surface area (Å²) >= 11 is 0. The van der Waals surface area contributed by atoms with Crippen LogP contribution < -0.4 is 15.4 Å². The molecule has 0 aromatic heterocycles. The van der Waals surface area contributed by atoms with E-state index < -0.39 is 23.9 Å². The van der Waals surface area contributed by atoms with Gasteiger partial charge in [-0.1, -0.05) is 0 Å². The summed E-state index contributed by atoms with van der Waals surface area (Å²) < 4.78 is 17.9. The normalized spacial score (nSPS) is 11.6. The van der Waals surface area contributed by atoms with Crippen LogP contribution in [0.15, 0.2) is 18.2 Å². The summed E-state index contributed by atoms with van der Waals surface area (Å²) in [6.07, 6.45) is -0.116. The fourth-order valence-electron chi connectivity index (χ4n) is 1.45. The van der Waals surface area contributed by atoms with Crippen LogP contribution in [0.1, 0.15) is 6.42 Å². The van der Waals surface area contributed by atoms with Crippen molar-refractivity contribution in [2.75, 3.05) is 19.0 Å². The van der Waals surface area contributed by atoms with Gasteiger partial charge in [0.1, 0.15) is 6.04 Å². The second-order valence-corrected chi connectivity index (χ2v) is 3.85. The van der Waals surface area contributed by atoms with Gasteiger partial charge in [-0.2, -0.15) is 0 Å². The van der Waals surface area contributed by atoms with E-state index in [4.69, 9.17) is 14.9 Å². The lowest BCUT2D eigenvalue weighted by molar-refractivity contribution is -0.139. The Bertz CT molecular complexity index is 495. The van der Waals surface area contributed by atoms with Crippen LogP contribution in [0, 0.1) is 5.82 Å². The van der Waals surface area contributed by atoms with Gasteiger partial charge in [-0.25, -0.2) is 14.0 Å². The van der Waals surface area contributed by atoms with Crippen molar-refractivity contribution < 1.29 is 28.9 Å². The smallest absolute Gasteiger partial charge is 0.326 e. The number of aliphatic hydroxyl groups excluding tert-OH is 1. The van der Waals surface area contributed by atoms with E-state index >= 15 is 0 Å². The summed E-state index contributed by atoms with van der Waals surface area (Å²) in [4.78, 5) is 22.4. The van der Waals surface area contributed by atoms with Gasteiger partial charge in [0.05, 0.1) is 7.11 Å². The Morgan fingerprint density at radius 1 is 1.45 bits per heavy atom. The molecule has 0 radical (unpaired) electrons. The average molecular weight is 286 g/mol. The van der Waals surface area contributed by atoms with Crippen LogP contribution in [0.4, 0.5) is 14.9 Å². The number of benzene rings is 1. The van der Waals surface area contributed by atoms with E-state index in [1.165, 1.54) is 19.2 Å². The third-order valence-electron chi connectivity index (χ3n) is 2.43. The molecule has 1 aromatic carbocycles. The molecule has 110 valence electrons. The fourth-order valence-corrected chi connectivity index (χ4v) is 1.45. The van der Waals surface area contributed by atoms with E-state index in [1.807, 2.05) is 0 Å². The van der Waals surface area contributed by atoms with Gasteiger partial charge in [-0.3, -0.25) is 0 Å². The zero-order valence-corrected chi connectivity index (χ0v) is 10.7. The van der Waals surface area contributed by atoms with Crippen LogP contribution in [0.25, 0.3) is 0 Å². The lowest BCUT2D eigenvalue weighted by atomic mass is 10.2. The Labute approximate surface area is 114 Å². The first-order valence-corrected chi connectivity index (χ1v) is 5.72. The third-order valence-corrected chi connectivity index (χ3v) is 2.43.